The van der Waals surface area contributed by atoms with Crippen molar-refractivity contribution in [2.24, 2.45) is 0 Å². The molecule has 29 heavy (non-hydrogen) atoms. The van der Waals surface area contributed by atoms with Gasteiger partial charge in [0.25, 0.3) is 0 Å². The van der Waals surface area contributed by atoms with Gasteiger partial charge >= 0.3 is 11.9 Å². The van der Waals surface area contributed by atoms with E-state index in [2.05, 4.69) is 43.4 Å². The van der Waals surface area contributed by atoms with Crippen LogP contribution in [0.3, 0.4) is 0 Å². The minimum Gasteiger partial charge on any atom is -0.273 e. The molecule has 0 heterocycles. The molecule has 0 aliphatic rings. The number of nitrogens with zero attached hydrogens (tertiary/aromatic N) is 2. The molecule has 7 heteroatoms. The first-order chi connectivity index (χ1) is 14.0. The number of rotatable bonds is 18. The van der Waals surface area contributed by atoms with Crippen molar-refractivity contribution >= 4 is 6.29 Å². The quantitative estimate of drug-likeness (QED) is 0.0931. The molecule has 0 unspecified atom stereocenters. The second kappa shape index (κ2) is 17.5. The molecule has 0 bridgehead atoms. The molecule has 0 saturated carbocycles. The summed E-state index contributed by atoms with van der Waals surface area (Å²) in [4.78, 5) is 29.9. The van der Waals surface area contributed by atoms with Gasteiger partial charge in [0.05, 0.1) is 6.42 Å². The Kier molecular flexibility index (Phi) is 16.0. The van der Waals surface area contributed by atoms with Gasteiger partial charge in [0.2, 0.25) is 0 Å². The van der Waals surface area contributed by atoms with Crippen LogP contribution in [0.1, 0.15) is 77.6 Å². The number of hydrogen-bond acceptors (Lipinski definition) is 5. The maximum atomic E-state index is 10.8. The highest BCUT2D eigenvalue weighted by Crippen LogP contribution is 2.18. The average Bonchev–Trinajstić information content (AvgIpc) is 2.69. The minimum atomic E-state index is -2.83. The van der Waals surface area contributed by atoms with Crippen LogP contribution in [0.25, 0.3) is 0 Å². The lowest BCUT2D eigenvalue weighted by Gasteiger charge is -2.09. The van der Waals surface area contributed by atoms with Crippen molar-refractivity contribution in [3.05, 3.63) is 68.8 Å². The van der Waals surface area contributed by atoms with E-state index in [0.717, 1.165) is 32.0 Å². The van der Waals surface area contributed by atoms with Crippen LogP contribution in [-0.4, -0.2) is 21.8 Å². The Balaban J connectivity index is 3.81. The highest BCUT2D eigenvalue weighted by atomic mass is 16.7. The van der Waals surface area contributed by atoms with Gasteiger partial charge in [0.15, 0.2) is 0 Å². The maximum absolute atomic E-state index is 10.8. The summed E-state index contributed by atoms with van der Waals surface area (Å²) >= 11 is 0. The van der Waals surface area contributed by atoms with Crippen LogP contribution in [-0.2, 0) is 4.79 Å². The van der Waals surface area contributed by atoms with Crippen LogP contribution < -0.4 is 0 Å². The second-order valence-electron chi connectivity index (χ2n) is 6.77. The monoisotopic (exact) mass is 405 g/mol. The summed E-state index contributed by atoms with van der Waals surface area (Å²) in [5.41, 5.74) is -2.83. The molecule has 0 spiro atoms. The van der Waals surface area contributed by atoms with E-state index in [-0.39, 0.29) is 6.42 Å². The smallest absolute Gasteiger partial charge is 0.273 e. The fraction of sp³-hybridized carbons (Fsp3) is 0.591. The summed E-state index contributed by atoms with van der Waals surface area (Å²) in [6.07, 6.45) is 26.4. The van der Waals surface area contributed by atoms with Crippen LogP contribution >= 0.6 is 0 Å². The first-order valence-electron chi connectivity index (χ1n) is 10.3. The van der Waals surface area contributed by atoms with Crippen LogP contribution in [0, 0.1) is 20.2 Å². The summed E-state index contributed by atoms with van der Waals surface area (Å²) in [5, 5.41) is 21.6. The Hall–Kier alpha value is -2.57. The summed E-state index contributed by atoms with van der Waals surface area (Å²) in [6.45, 7) is 2.21. The fourth-order valence-corrected chi connectivity index (χ4v) is 2.57. The molecule has 0 rings (SSSR count). The summed E-state index contributed by atoms with van der Waals surface area (Å²) < 4.78 is 0. The van der Waals surface area contributed by atoms with Crippen LogP contribution in [0.2, 0.25) is 0 Å². The molecular formula is C22H33N2O5. The van der Waals surface area contributed by atoms with Crippen molar-refractivity contribution < 1.29 is 14.6 Å². The predicted molar refractivity (Wildman–Crippen MR) is 115 cm³/mol. The molecule has 161 valence electrons. The highest BCUT2D eigenvalue weighted by molar-refractivity contribution is 5.59. The molecule has 0 amide bonds. The SMILES string of the molecule is CCCCCC=CCC=CCC=CCC=CCCCCC([C]=O)([N+](=O)[O-])[N+](=O)[O-]. The van der Waals surface area contributed by atoms with Crippen LogP contribution in [0.4, 0.5) is 0 Å². The Labute approximate surface area is 173 Å². The van der Waals surface area contributed by atoms with Gasteiger partial charge in [-0.05, 0) is 51.4 Å². The number of carbonyl (C=O) groups excluding carboxylic acids is 1. The van der Waals surface area contributed by atoms with Gasteiger partial charge in [-0.1, -0.05) is 68.4 Å². The van der Waals surface area contributed by atoms with E-state index in [9.17, 15) is 25.0 Å². The van der Waals surface area contributed by atoms with Gasteiger partial charge < -0.3 is 0 Å². The van der Waals surface area contributed by atoms with E-state index in [0.29, 0.717) is 12.8 Å². The summed E-state index contributed by atoms with van der Waals surface area (Å²) in [6, 6.07) is 0. The molecule has 0 N–H and O–H groups in total. The lowest BCUT2D eigenvalue weighted by molar-refractivity contribution is -0.772. The Morgan fingerprint density at radius 1 is 0.724 bits per heavy atom. The van der Waals surface area contributed by atoms with E-state index < -0.39 is 21.9 Å². The van der Waals surface area contributed by atoms with E-state index in [1.165, 1.54) is 19.3 Å². The van der Waals surface area contributed by atoms with Crippen molar-refractivity contribution in [1.82, 2.24) is 0 Å². The topological polar surface area (TPSA) is 103 Å². The van der Waals surface area contributed by atoms with E-state index in [1.807, 2.05) is 12.2 Å². The molecule has 0 saturated heterocycles. The number of allylic oxidation sites excluding steroid dienone is 8. The molecule has 0 atom stereocenters. The fourth-order valence-electron chi connectivity index (χ4n) is 2.57. The normalized spacial score (nSPS) is 12.6. The van der Waals surface area contributed by atoms with Crippen molar-refractivity contribution in [1.29, 1.82) is 0 Å². The molecule has 0 aliphatic carbocycles. The van der Waals surface area contributed by atoms with Gasteiger partial charge in [0.1, 0.15) is 9.85 Å². The lowest BCUT2D eigenvalue weighted by Crippen LogP contribution is -2.47. The zero-order chi connectivity index (χ0) is 21.8. The average molecular weight is 406 g/mol. The molecule has 0 aromatic heterocycles. The number of nitro groups is 2. The van der Waals surface area contributed by atoms with Crippen LogP contribution in [0.5, 0.6) is 0 Å². The third kappa shape index (κ3) is 12.5. The van der Waals surface area contributed by atoms with Gasteiger partial charge in [-0.25, -0.2) is 0 Å². The largest absolute Gasteiger partial charge is 0.523 e. The molecule has 0 aromatic carbocycles. The Bertz CT molecular complexity index is 580. The molecule has 0 fully saturated rings. The van der Waals surface area contributed by atoms with Gasteiger partial charge in [-0.15, -0.1) is 0 Å². The molecule has 1 radical (unpaired) electrons. The Morgan fingerprint density at radius 2 is 1.14 bits per heavy atom. The Morgan fingerprint density at radius 3 is 1.52 bits per heavy atom. The number of hydrogen-bond donors (Lipinski definition) is 0. The van der Waals surface area contributed by atoms with Gasteiger partial charge in [-0.3, -0.25) is 25.0 Å². The summed E-state index contributed by atoms with van der Waals surface area (Å²) in [7, 11) is 0. The van der Waals surface area contributed by atoms with E-state index in [4.69, 9.17) is 0 Å². The van der Waals surface area contributed by atoms with E-state index >= 15 is 0 Å². The third-order valence-electron chi connectivity index (χ3n) is 4.37. The van der Waals surface area contributed by atoms with Crippen molar-refractivity contribution in [2.45, 2.75) is 83.2 Å². The zero-order valence-electron chi connectivity index (χ0n) is 17.3. The number of unbranched alkanes of at least 4 members (excludes halogenated alkanes) is 5. The molecule has 0 aromatic rings. The zero-order valence-corrected chi connectivity index (χ0v) is 17.3. The first kappa shape index (κ1) is 26.4. The van der Waals surface area contributed by atoms with Crippen LogP contribution in [0.15, 0.2) is 48.6 Å². The van der Waals surface area contributed by atoms with Gasteiger partial charge in [0, 0.05) is 0 Å². The highest BCUT2D eigenvalue weighted by Gasteiger charge is 2.57. The lowest BCUT2D eigenvalue weighted by atomic mass is 10.0. The third-order valence-corrected chi connectivity index (χ3v) is 4.37. The predicted octanol–water partition coefficient (Wildman–Crippen LogP) is 5.88. The van der Waals surface area contributed by atoms with Crippen molar-refractivity contribution in [2.75, 3.05) is 0 Å². The van der Waals surface area contributed by atoms with Gasteiger partial charge in [-0.2, -0.15) is 0 Å². The maximum Gasteiger partial charge on any atom is 0.523 e. The van der Waals surface area contributed by atoms with E-state index in [1.54, 1.807) is 0 Å². The standard InChI is InChI=1S/C22H33N2O5/c1-2-3-4-5-6-7-8-9-10-11-12-13-14-15-16-17-18-19-20-22(21-25,23(26)27)24(28)29/h6-7,9-10,12-13,15-16H,2-5,8,11,14,17-20H2,1H3. The van der Waals surface area contributed by atoms with Crippen molar-refractivity contribution in [3.63, 3.8) is 0 Å². The first-order valence-corrected chi connectivity index (χ1v) is 10.3. The second-order valence-corrected chi connectivity index (χ2v) is 6.77. The summed E-state index contributed by atoms with van der Waals surface area (Å²) in [5.74, 6) is 0. The van der Waals surface area contributed by atoms with Crippen molar-refractivity contribution in [3.8, 4) is 0 Å². The molecule has 0 aliphatic heterocycles. The molecule has 7 nitrogen and oxygen atoms in total. The minimum absolute atomic E-state index is 0.217. The molecular weight excluding hydrogens is 372 g/mol.